The van der Waals surface area contributed by atoms with Crippen molar-refractivity contribution in [2.24, 2.45) is 0 Å². The van der Waals surface area contributed by atoms with Crippen molar-refractivity contribution >= 4 is 23.8 Å². The van der Waals surface area contributed by atoms with Crippen molar-refractivity contribution in [1.82, 2.24) is 4.90 Å². The van der Waals surface area contributed by atoms with Crippen LogP contribution in [0.1, 0.15) is 27.2 Å². The second-order valence-corrected chi connectivity index (χ2v) is 7.22. The van der Waals surface area contributed by atoms with E-state index in [0.29, 0.717) is 5.69 Å². The molecule has 0 spiro atoms. The average molecular weight is 378 g/mol. The van der Waals surface area contributed by atoms with Gasteiger partial charge in [-0.05, 0) is 32.9 Å². The van der Waals surface area contributed by atoms with Crippen molar-refractivity contribution < 1.29 is 28.6 Å². The number of anilines is 1. The van der Waals surface area contributed by atoms with Crippen LogP contribution in [0, 0.1) is 0 Å². The van der Waals surface area contributed by atoms with Crippen LogP contribution in [0.2, 0.25) is 0 Å². The highest BCUT2D eigenvalue weighted by Gasteiger charge is 2.45. The minimum absolute atomic E-state index is 0.200. The van der Waals surface area contributed by atoms with Crippen molar-refractivity contribution in [2.75, 3.05) is 25.7 Å². The molecule has 0 saturated carbocycles. The summed E-state index contributed by atoms with van der Waals surface area (Å²) >= 11 is 0. The molecule has 3 amide bonds. The Balaban J connectivity index is 2.33. The van der Waals surface area contributed by atoms with Crippen LogP contribution >= 0.6 is 0 Å². The van der Waals surface area contributed by atoms with Gasteiger partial charge in [0, 0.05) is 13.5 Å². The first-order valence-corrected chi connectivity index (χ1v) is 8.67. The summed E-state index contributed by atoms with van der Waals surface area (Å²) in [4.78, 5) is 40.3. The van der Waals surface area contributed by atoms with E-state index in [1.54, 1.807) is 51.1 Å². The van der Waals surface area contributed by atoms with Gasteiger partial charge in [0.25, 0.3) is 5.91 Å². The van der Waals surface area contributed by atoms with Crippen LogP contribution in [-0.2, 0) is 19.0 Å². The van der Waals surface area contributed by atoms with Crippen LogP contribution in [0.25, 0.3) is 0 Å². The molecule has 0 aliphatic carbocycles. The van der Waals surface area contributed by atoms with Crippen LogP contribution in [0.3, 0.4) is 0 Å². The highest BCUT2D eigenvalue weighted by atomic mass is 16.6. The molecule has 1 aromatic rings. The average Bonchev–Trinajstić information content (AvgIpc) is 3.06. The first-order chi connectivity index (χ1) is 12.7. The van der Waals surface area contributed by atoms with Crippen LogP contribution < -0.4 is 4.90 Å². The van der Waals surface area contributed by atoms with Gasteiger partial charge in [0.1, 0.15) is 11.6 Å². The highest BCUT2D eigenvalue weighted by Crippen LogP contribution is 2.27. The lowest BCUT2D eigenvalue weighted by Crippen LogP contribution is -2.51. The zero-order valence-electron chi connectivity index (χ0n) is 16.3. The summed E-state index contributed by atoms with van der Waals surface area (Å²) in [5, 5.41) is 0. The molecule has 148 valence electrons. The first kappa shape index (κ1) is 20.7. The van der Waals surface area contributed by atoms with Crippen LogP contribution in [0.5, 0.6) is 0 Å². The molecule has 1 saturated heterocycles. The van der Waals surface area contributed by atoms with Gasteiger partial charge in [0.15, 0.2) is 0 Å². The summed E-state index contributed by atoms with van der Waals surface area (Å²) in [7, 11) is 2.71. The maximum atomic E-state index is 13.2. The number of imide groups is 1. The molecule has 8 nitrogen and oxygen atoms in total. The molecule has 1 aromatic carbocycles. The van der Waals surface area contributed by atoms with Gasteiger partial charge in [0.05, 0.1) is 25.4 Å². The van der Waals surface area contributed by atoms with E-state index in [2.05, 4.69) is 0 Å². The number of para-hydroxylation sites is 1. The number of benzene rings is 1. The number of ether oxygens (including phenoxy) is 3. The van der Waals surface area contributed by atoms with Crippen molar-refractivity contribution in [1.29, 1.82) is 0 Å². The molecule has 1 aliphatic rings. The van der Waals surface area contributed by atoms with E-state index in [9.17, 15) is 14.4 Å². The number of rotatable bonds is 3. The lowest BCUT2D eigenvalue weighted by molar-refractivity contribution is -0.122. The summed E-state index contributed by atoms with van der Waals surface area (Å²) in [6, 6.07) is 7.52. The van der Waals surface area contributed by atoms with Gasteiger partial charge in [-0.25, -0.2) is 14.5 Å². The van der Waals surface area contributed by atoms with Gasteiger partial charge in [-0.1, -0.05) is 18.2 Å². The Labute approximate surface area is 159 Å². The van der Waals surface area contributed by atoms with E-state index in [1.165, 1.54) is 19.1 Å². The predicted octanol–water partition coefficient (Wildman–Crippen LogP) is 2.81. The van der Waals surface area contributed by atoms with Gasteiger partial charge in [0.2, 0.25) is 0 Å². The Morgan fingerprint density at radius 3 is 2.26 bits per heavy atom. The zero-order valence-corrected chi connectivity index (χ0v) is 16.3. The van der Waals surface area contributed by atoms with Crippen LogP contribution in [0.4, 0.5) is 15.3 Å². The Kier molecular flexibility index (Phi) is 6.43. The third kappa shape index (κ3) is 4.97. The largest absolute Gasteiger partial charge is 0.452 e. The van der Waals surface area contributed by atoms with Crippen molar-refractivity contribution in [3.8, 4) is 0 Å². The molecule has 8 heteroatoms. The van der Waals surface area contributed by atoms with Crippen molar-refractivity contribution in [2.45, 2.75) is 44.9 Å². The van der Waals surface area contributed by atoms with E-state index in [0.717, 1.165) is 4.90 Å². The molecule has 2 atom stereocenters. The second-order valence-electron chi connectivity index (χ2n) is 7.22. The Morgan fingerprint density at radius 2 is 1.74 bits per heavy atom. The number of hydrogen-bond donors (Lipinski definition) is 0. The minimum Gasteiger partial charge on any atom is -0.452 e. The highest BCUT2D eigenvalue weighted by molar-refractivity contribution is 6.14. The fraction of sp³-hybridized carbons (Fsp3) is 0.526. The maximum Gasteiger partial charge on any atom is 0.421 e. The van der Waals surface area contributed by atoms with Crippen LogP contribution in [0.15, 0.2) is 30.3 Å². The van der Waals surface area contributed by atoms with E-state index in [-0.39, 0.29) is 19.1 Å². The lowest BCUT2D eigenvalue weighted by atomic mass is 10.1. The SMILES string of the molecule is COC(=O)N(C(=O)C1CC(OC)CN1C(=O)OC(C)(C)C)c1ccccc1. The number of hydrogen-bond acceptors (Lipinski definition) is 6. The predicted molar refractivity (Wildman–Crippen MR) is 98.5 cm³/mol. The Hall–Kier alpha value is -2.61. The number of nitrogens with zero attached hydrogens (tertiary/aromatic N) is 2. The summed E-state index contributed by atoms with van der Waals surface area (Å²) in [6.45, 7) is 5.44. The van der Waals surface area contributed by atoms with Crippen molar-refractivity contribution in [3.05, 3.63) is 30.3 Å². The molecule has 1 fully saturated rings. The van der Waals surface area contributed by atoms with Gasteiger partial charge >= 0.3 is 12.2 Å². The number of methoxy groups -OCH3 is 2. The third-order valence-electron chi connectivity index (χ3n) is 4.10. The lowest BCUT2D eigenvalue weighted by Gasteiger charge is -2.30. The number of likely N-dealkylation sites (tertiary alicyclic amines) is 1. The molecule has 2 unspecified atom stereocenters. The van der Waals surface area contributed by atoms with E-state index < -0.39 is 29.7 Å². The monoisotopic (exact) mass is 378 g/mol. The molecule has 2 rings (SSSR count). The minimum atomic E-state index is -0.899. The van der Waals surface area contributed by atoms with Crippen LogP contribution in [-0.4, -0.2) is 61.5 Å². The van der Waals surface area contributed by atoms with Gasteiger partial charge in [-0.3, -0.25) is 9.69 Å². The Morgan fingerprint density at radius 1 is 1.11 bits per heavy atom. The fourth-order valence-electron chi connectivity index (χ4n) is 2.86. The van der Waals surface area contributed by atoms with Gasteiger partial charge < -0.3 is 14.2 Å². The number of amides is 3. The molecule has 27 heavy (non-hydrogen) atoms. The standard InChI is InChI=1S/C19H26N2O6/c1-19(2,3)27-17(23)20-12-14(25-4)11-15(20)16(22)21(18(24)26-5)13-9-7-6-8-10-13/h6-10,14-15H,11-12H2,1-5H3. The molecule has 1 heterocycles. The summed E-state index contributed by atoms with van der Waals surface area (Å²) in [6.07, 6.45) is -1.52. The number of carbonyl (C=O) groups is 3. The molecule has 0 bridgehead atoms. The molecule has 1 aliphatic heterocycles. The quantitative estimate of drug-likeness (QED) is 0.804. The van der Waals surface area contributed by atoms with E-state index in [4.69, 9.17) is 14.2 Å². The maximum absolute atomic E-state index is 13.2. The molecular weight excluding hydrogens is 352 g/mol. The first-order valence-electron chi connectivity index (χ1n) is 8.67. The topological polar surface area (TPSA) is 85.4 Å². The van der Waals surface area contributed by atoms with E-state index in [1.807, 2.05) is 0 Å². The fourth-order valence-corrected chi connectivity index (χ4v) is 2.86. The molecule has 0 N–H and O–H groups in total. The van der Waals surface area contributed by atoms with Gasteiger partial charge in [-0.15, -0.1) is 0 Å². The van der Waals surface area contributed by atoms with Crippen molar-refractivity contribution in [3.63, 3.8) is 0 Å². The molecular formula is C19H26N2O6. The van der Waals surface area contributed by atoms with Gasteiger partial charge in [-0.2, -0.15) is 0 Å². The molecule has 0 radical (unpaired) electrons. The summed E-state index contributed by atoms with van der Waals surface area (Å²) in [5.74, 6) is -0.571. The normalized spacial score (nSPS) is 19.5. The second kappa shape index (κ2) is 8.39. The Bertz CT molecular complexity index is 685. The smallest absolute Gasteiger partial charge is 0.421 e. The zero-order chi connectivity index (χ0) is 20.2. The third-order valence-corrected chi connectivity index (χ3v) is 4.10. The number of carbonyl (C=O) groups excluding carboxylic acids is 3. The molecule has 0 aromatic heterocycles. The van der Waals surface area contributed by atoms with E-state index >= 15 is 0 Å². The summed E-state index contributed by atoms with van der Waals surface area (Å²) in [5.41, 5.74) is -0.350. The summed E-state index contributed by atoms with van der Waals surface area (Å²) < 4.78 is 15.5.